The van der Waals surface area contributed by atoms with Crippen molar-refractivity contribution in [1.82, 2.24) is 5.32 Å². The molecule has 0 amide bonds. The van der Waals surface area contributed by atoms with E-state index in [-0.39, 0.29) is 0 Å². The van der Waals surface area contributed by atoms with E-state index >= 15 is 0 Å². The molecule has 2 unspecified atom stereocenters. The number of rotatable bonds is 4. The summed E-state index contributed by atoms with van der Waals surface area (Å²) in [6.45, 7) is 0. The molecule has 2 aliphatic carbocycles. The number of hydrogen-bond donors (Lipinski definition) is 1. The van der Waals surface area contributed by atoms with Gasteiger partial charge in [-0.25, -0.2) is 0 Å². The Morgan fingerprint density at radius 2 is 1.90 bits per heavy atom. The zero-order chi connectivity index (χ0) is 14.2. The second-order valence-electron chi connectivity index (χ2n) is 6.28. The zero-order valence-electron chi connectivity index (χ0n) is 12.0. The van der Waals surface area contributed by atoms with Gasteiger partial charge in [-0.15, -0.1) is 0 Å². The van der Waals surface area contributed by atoms with E-state index in [1.165, 1.54) is 42.6 Å². The average Bonchev–Trinajstić information content (AvgIpc) is 3.22. The molecule has 3 heteroatoms. The van der Waals surface area contributed by atoms with Crippen LogP contribution in [0.3, 0.4) is 0 Å². The number of halogens is 1. The second kappa shape index (κ2) is 5.51. The molecule has 110 valence electrons. The van der Waals surface area contributed by atoms with Gasteiger partial charge in [0.25, 0.3) is 0 Å². The summed E-state index contributed by atoms with van der Waals surface area (Å²) in [4.78, 5) is 0. The largest absolute Gasteiger partial charge is 0.469 e. The molecule has 0 spiro atoms. The topological polar surface area (TPSA) is 25.2 Å². The molecule has 1 aromatic carbocycles. The van der Waals surface area contributed by atoms with E-state index in [1.54, 1.807) is 0 Å². The van der Waals surface area contributed by atoms with Crippen molar-refractivity contribution >= 4 is 11.6 Å². The molecule has 21 heavy (non-hydrogen) atoms. The summed E-state index contributed by atoms with van der Waals surface area (Å²) in [6, 6.07) is 11.3. The first-order valence-electron chi connectivity index (χ1n) is 7.89. The van der Waals surface area contributed by atoms with Crippen LogP contribution in [0.1, 0.15) is 54.7 Å². The lowest BCUT2D eigenvalue weighted by Crippen LogP contribution is -2.30. The van der Waals surface area contributed by atoms with Gasteiger partial charge in [0.05, 0.1) is 6.26 Å². The lowest BCUT2D eigenvalue weighted by molar-refractivity contribution is 0.357. The first kappa shape index (κ1) is 13.4. The van der Waals surface area contributed by atoms with E-state index < -0.39 is 0 Å². The van der Waals surface area contributed by atoms with Crippen LogP contribution in [0.2, 0.25) is 5.02 Å². The minimum Gasteiger partial charge on any atom is -0.469 e. The standard InChI is InChI=1S/C18H20ClNO/c19-14-8-6-13(7-9-14)18(12-4-5-12)20-16-2-1-3-17-15(16)10-11-21-17/h6-12,16,18,20H,1-5H2. The molecule has 1 heterocycles. The van der Waals surface area contributed by atoms with Crippen molar-refractivity contribution in [3.05, 3.63) is 58.5 Å². The van der Waals surface area contributed by atoms with Gasteiger partial charge in [-0.2, -0.15) is 0 Å². The number of furan rings is 1. The van der Waals surface area contributed by atoms with E-state index in [0.717, 1.165) is 17.4 Å². The second-order valence-corrected chi connectivity index (χ2v) is 6.71. The van der Waals surface area contributed by atoms with Crippen LogP contribution in [0.15, 0.2) is 41.0 Å². The smallest absolute Gasteiger partial charge is 0.108 e. The highest BCUT2D eigenvalue weighted by molar-refractivity contribution is 6.30. The quantitative estimate of drug-likeness (QED) is 0.854. The summed E-state index contributed by atoms with van der Waals surface area (Å²) in [5, 5.41) is 4.70. The van der Waals surface area contributed by atoms with Crippen molar-refractivity contribution in [2.24, 2.45) is 5.92 Å². The molecule has 1 fully saturated rings. The maximum Gasteiger partial charge on any atom is 0.108 e. The lowest BCUT2D eigenvalue weighted by Gasteiger charge is -2.29. The van der Waals surface area contributed by atoms with Gasteiger partial charge in [0.15, 0.2) is 0 Å². The Hall–Kier alpha value is -1.25. The molecule has 2 nitrogen and oxygen atoms in total. The molecule has 2 aliphatic rings. The Labute approximate surface area is 130 Å². The molecule has 0 saturated heterocycles. The first-order valence-corrected chi connectivity index (χ1v) is 8.27. The van der Waals surface area contributed by atoms with Crippen LogP contribution >= 0.6 is 11.6 Å². The van der Waals surface area contributed by atoms with Crippen molar-refractivity contribution in [2.75, 3.05) is 0 Å². The number of aryl methyl sites for hydroxylation is 1. The summed E-state index contributed by atoms with van der Waals surface area (Å²) in [6.07, 6.45) is 7.96. The molecule has 0 radical (unpaired) electrons. The average molecular weight is 302 g/mol. The normalized spacial score (nSPS) is 22.8. The molecule has 2 aromatic rings. The number of hydrogen-bond acceptors (Lipinski definition) is 2. The molecule has 4 rings (SSSR count). The number of fused-ring (bicyclic) bond motifs is 1. The third kappa shape index (κ3) is 2.75. The van der Waals surface area contributed by atoms with E-state index in [9.17, 15) is 0 Å². The van der Waals surface area contributed by atoms with Gasteiger partial charge in [0.2, 0.25) is 0 Å². The highest BCUT2D eigenvalue weighted by Gasteiger charge is 2.35. The molecule has 1 N–H and O–H groups in total. The van der Waals surface area contributed by atoms with E-state index in [4.69, 9.17) is 16.0 Å². The lowest BCUT2D eigenvalue weighted by atomic mass is 9.91. The highest BCUT2D eigenvalue weighted by Crippen LogP contribution is 2.43. The van der Waals surface area contributed by atoms with Crippen LogP contribution in [0.25, 0.3) is 0 Å². The molecule has 0 bridgehead atoms. The van der Waals surface area contributed by atoms with E-state index in [2.05, 4.69) is 23.5 Å². The summed E-state index contributed by atoms with van der Waals surface area (Å²) in [7, 11) is 0. The summed E-state index contributed by atoms with van der Waals surface area (Å²) in [5.41, 5.74) is 2.72. The minimum atomic E-state index is 0.425. The van der Waals surface area contributed by atoms with Crippen LogP contribution in [0, 0.1) is 5.92 Å². The maximum atomic E-state index is 6.02. The van der Waals surface area contributed by atoms with Gasteiger partial charge >= 0.3 is 0 Å². The Morgan fingerprint density at radius 1 is 1.10 bits per heavy atom. The third-order valence-corrected chi connectivity index (χ3v) is 5.01. The van der Waals surface area contributed by atoms with Crippen LogP contribution in [0.4, 0.5) is 0 Å². The third-order valence-electron chi connectivity index (χ3n) is 4.76. The van der Waals surface area contributed by atoms with Crippen molar-refractivity contribution < 1.29 is 4.42 Å². The van der Waals surface area contributed by atoms with Gasteiger partial charge in [0, 0.05) is 29.1 Å². The summed E-state index contributed by atoms with van der Waals surface area (Å²) in [5.74, 6) is 1.94. The number of nitrogens with one attached hydrogen (secondary N) is 1. The molecule has 1 aromatic heterocycles. The Bertz CT molecular complexity index is 614. The van der Waals surface area contributed by atoms with Crippen molar-refractivity contribution in [3.8, 4) is 0 Å². The van der Waals surface area contributed by atoms with Crippen LogP contribution in [-0.2, 0) is 6.42 Å². The predicted octanol–water partition coefficient (Wildman–Crippen LogP) is 5.05. The van der Waals surface area contributed by atoms with Gasteiger partial charge in [-0.05, 0) is 55.4 Å². The molecule has 1 saturated carbocycles. The summed E-state index contributed by atoms with van der Waals surface area (Å²) >= 11 is 6.02. The Morgan fingerprint density at radius 3 is 2.67 bits per heavy atom. The van der Waals surface area contributed by atoms with E-state index in [0.29, 0.717) is 12.1 Å². The van der Waals surface area contributed by atoms with Crippen molar-refractivity contribution in [2.45, 2.75) is 44.2 Å². The van der Waals surface area contributed by atoms with Gasteiger partial charge in [-0.3, -0.25) is 0 Å². The summed E-state index contributed by atoms with van der Waals surface area (Å²) < 4.78 is 5.61. The molecular formula is C18H20ClNO. The fourth-order valence-electron chi connectivity index (χ4n) is 3.48. The van der Waals surface area contributed by atoms with Crippen LogP contribution in [0.5, 0.6) is 0 Å². The zero-order valence-corrected chi connectivity index (χ0v) is 12.8. The highest BCUT2D eigenvalue weighted by atomic mass is 35.5. The molecule has 2 atom stereocenters. The van der Waals surface area contributed by atoms with E-state index in [1.807, 2.05) is 18.4 Å². The first-order chi connectivity index (χ1) is 10.3. The monoisotopic (exact) mass is 301 g/mol. The molecule has 0 aliphatic heterocycles. The fraction of sp³-hybridized carbons (Fsp3) is 0.444. The van der Waals surface area contributed by atoms with Gasteiger partial charge in [-0.1, -0.05) is 23.7 Å². The number of benzene rings is 1. The fourth-order valence-corrected chi connectivity index (χ4v) is 3.61. The Kier molecular flexibility index (Phi) is 3.52. The predicted molar refractivity (Wildman–Crippen MR) is 84.4 cm³/mol. The minimum absolute atomic E-state index is 0.425. The molecular weight excluding hydrogens is 282 g/mol. The van der Waals surface area contributed by atoms with Gasteiger partial charge in [0.1, 0.15) is 5.76 Å². The van der Waals surface area contributed by atoms with Crippen LogP contribution in [-0.4, -0.2) is 0 Å². The Balaban J connectivity index is 1.58. The van der Waals surface area contributed by atoms with Crippen LogP contribution < -0.4 is 5.32 Å². The maximum absolute atomic E-state index is 6.02. The SMILES string of the molecule is Clc1ccc(C(NC2CCCc3occc32)C2CC2)cc1. The van der Waals surface area contributed by atoms with Crippen molar-refractivity contribution in [3.63, 3.8) is 0 Å². The van der Waals surface area contributed by atoms with Gasteiger partial charge < -0.3 is 9.73 Å². The van der Waals surface area contributed by atoms with Crippen molar-refractivity contribution in [1.29, 1.82) is 0 Å².